The number of carbonyl (C=O) groups is 1. The fourth-order valence-electron chi connectivity index (χ4n) is 3.58. The van der Waals surface area contributed by atoms with Gasteiger partial charge in [0.15, 0.2) is 11.6 Å². The SMILES string of the molecule is CC(C)COC(=O)c1ccc(Nc2ncnc(N3CCN(c4ccccn4)CC3)c2N)cc1. The molecule has 1 saturated heterocycles. The summed E-state index contributed by atoms with van der Waals surface area (Å²) < 4.78 is 5.27. The van der Waals surface area contributed by atoms with Crippen molar-refractivity contribution in [3.63, 3.8) is 0 Å². The monoisotopic (exact) mass is 447 g/mol. The molecule has 9 heteroatoms. The standard InChI is InChI=1S/C24H29N7O2/c1-17(2)15-33-24(32)18-6-8-19(9-7-18)29-22-21(25)23(28-16-27-22)31-13-11-30(12-14-31)20-5-3-4-10-26-20/h3-10,16-17H,11-15,25H2,1-2H3,(H,27,28,29). The highest BCUT2D eigenvalue weighted by Gasteiger charge is 2.22. The Morgan fingerprint density at radius 3 is 2.42 bits per heavy atom. The normalized spacial score (nSPS) is 13.8. The van der Waals surface area contributed by atoms with E-state index in [1.54, 1.807) is 24.3 Å². The van der Waals surface area contributed by atoms with Crippen LogP contribution in [0.1, 0.15) is 24.2 Å². The van der Waals surface area contributed by atoms with Crippen molar-refractivity contribution in [3.05, 3.63) is 60.6 Å². The van der Waals surface area contributed by atoms with Crippen LogP contribution < -0.4 is 20.9 Å². The molecule has 0 radical (unpaired) electrons. The molecule has 0 atom stereocenters. The number of nitrogens with zero attached hydrogens (tertiary/aromatic N) is 5. The Bertz CT molecular complexity index is 1070. The average Bonchev–Trinajstić information content (AvgIpc) is 2.85. The van der Waals surface area contributed by atoms with E-state index in [1.807, 2.05) is 38.2 Å². The number of rotatable bonds is 7. The molecule has 4 rings (SSSR count). The minimum Gasteiger partial charge on any atom is -0.462 e. The number of hydrogen-bond donors (Lipinski definition) is 2. The summed E-state index contributed by atoms with van der Waals surface area (Å²) in [6.07, 6.45) is 3.32. The van der Waals surface area contributed by atoms with Crippen LogP contribution in [-0.2, 0) is 4.74 Å². The van der Waals surface area contributed by atoms with Gasteiger partial charge in [0, 0.05) is 38.1 Å². The number of piperazine rings is 1. The summed E-state index contributed by atoms with van der Waals surface area (Å²) in [5, 5.41) is 3.23. The topological polar surface area (TPSA) is 109 Å². The van der Waals surface area contributed by atoms with Crippen molar-refractivity contribution in [1.29, 1.82) is 0 Å². The van der Waals surface area contributed by atoms with Crippen LogP contribution in [0.5, 0.6) is 0 Å². The molecule has 0 aliphatic carbocycles. The van der Waals surface area contributed by atoms with Gasteiger partial charge >= 0.3 is 5.97 Å². The van der Waals surface area contributed by atoms with Crippen molar-refractivity contribution in [3.8, 4) is 0 Å². The summed E-state index contributed by atoms with van der Waals surface area (Å²) in [4.78, 5) is 29.7. The number of esters is 1. The summed E-state index contributed by atoms with van der Waals surface area (Å²) >= 11 is 0. The predicted molar refractivity (Wildman–Crippen MR) is 130 cm³/mol. The highest BCUT2D eigenvalue weighted by atomic mass is 16.5. The molecule has 0 amide bonds. The minimum atomic E-state index is -0.330. The lowest BCUT2D eigenvalue weighted by Crippen LogP contribution is -2.47. The molecule has 1 aliphatic rings. The molecule has 0 unspecified atom stereocenters. The summed E-state index contributed by atoms with van der Waals surface area (Å²) in [6, 6.07) is 13.0. The maximum absolute atomic E-state index is 12.1. The first-order valence-corrected chi connectivity index (χ1v) is 11.1. The Kier molecular flexibility index (Phi) is 6.87. The van der Waals surface area contributed by atoms with Gasteiger partial charge in [0.25, 0.3) is 0 Å². The highest BCUT2D eigenvalue weighted by molar-refractivity contribution is 5.90. The molecule has 1 aliphatic heterocycles. The highest BCUT2D eigenvalue weighted by Crippen LogP contribution is 2.29. The maximum atomic E-state index is 12.1. The zero-order valence-electron chi connectivity index (χ0n) is 18.9. The molecule has 33 heavy (non-hydrogen) atoms. The van der Waals surface area contributed by atoms with Crippen LogP contribution in [0.2, 0.25) is 0 Å². The van der Waals surface area contributed by atoms with Crippen LogP contribution in [0.3, 0.4) is 0 Å². The largest absolute Gasteiger partial charge is 0.462 e. The van der Waals surface area contributed by atoms with Gasteiger partial charge in [-0.3, -0.25) is 0 Å². The molecular formula is C24H29N7O2. The van der Waals surface area contributed by atoms with Crippen LogP contribution in [-0.4, -0.2) is 53.7 Å². The lowest BCUT2D eigenvalue weighted by Gasteiger charge is -2.36. The number of anilines is 5. The smallest absolute Gasteiger partial charge is 0.338 e. The van der Waals surface area contributed by atoms with Crippen LogP contribution in [0.15, 0.2) is 55.0 Å². The molecular weight excluding hydrogens is 418 g/mol. The third-order valence-electron chi connectivity index (χ3n) is 5.35. The number of benzene rings is 1. The molecule has 3 aromatic rings. The zero-order chi connectivity index (χ0) is 23.2. The molecule has 172 valence electrons. The number of nitrogen functional groups attached to an aromatic ring is 1. The van der Waals surface area contributed by atoms with Gasteiger partial charge in [0.05, 0.1) is 12.2 Å². The first-order valence-electron chi connectivity index (χ1n) is 11.1. The maximum Gasteiger partial charge on any atom is 0.338 e. The van der Waals surface area contributed by atoms with Crippen LogP contribution >= 0.6 is 0 Å². The Morgan fingerprint density at radius 1 is 1.03 bits per heavy atom. The number of nitrogens with two attached hydrogens (primary N) is 1. The zero-order valence-corrected chi connectivity index (χ0v) is 18.9. The van der Waals surface area contributed by atoms with Crippen LogP contribution in [0, 0.1) is 5.92 Å². The second-order valence-corrected chi connectivity index (χ2v) is 8.32. The van der Waals surface area contributed by atoms with E-state index >= 15 is 0 Å². The number of carbonyl (C=O) groups excluding carboxylic acids is 1. The Hall–Kier alpha value is -3.88. The van der Waals surface area contributed by atoms with Crippen molar-refractivity contribution < 1.29 is 9.53 Å². The number of ether oxygens (including phenoxy) is 1. The molecule has 9 nitrogen and oxygen atoms in total. The first-order chi connectivity index (χ1) is 16.0. The van der Waals surface area contributed by atoms with Crippen LogP contribution in [0.25, 0.3) is 0 Å². The van der Waals surface area contributed by atoms with Crippen molar-refractivity contribution in [2.45, 2.75) is 13.8 Å². The van der Waals surface area contributed by atoms with Gasteiger partial charge in [0.1, 0.15) is 17.8 Å². The average molecular weight is 448 g/mol. The molecule has 2 aromatic heterocycles. The van der Waals surface area contributed by atoms with Gasteiger partial charge in [-0.25, -0.2) is 19.7 Å². The minimum absolute atomic E-state index is 0.294. The summed E-state index contributed by atoms with van der Waals surface area (Å²) in [5.41, 5.74) is 8.19. The van der Waals surface area contributed by atoms with E-state index in [0.717, 1.165) is 37.7 Å². The quantitative estimate of drug-likeness (QED) is 0.527. The van der Waals surface area contributed by atoms with E-state index in [0.29, 0.717) is 35.4 Å². The number of pyridine rings is 1. The summed E-state index contributed by atoms with van der Waals surface area (Å²) in [5.74, 6) is 2.18. The van der Waals surface area contributed by atoms with Crippen LogP contribution in [0.4, 0.5) is 28.8 Å². The molecule has 0 spiro atoms. The molecule has 0 bridgehead atoms. The van der Waals surface area contributed by atoms with Gasteiger partial charge in [0.2, 0.25) is 0 Å². The number of hydrogen-bond acceptors (Lipinski definition) is 9. The second kappa shape index (κ2) is 10.2. The molecule has 1 fully saturated rings. The van der Waals surface area contributed by atoms with Gasteiger partial charge in [-0.1, -0.05) is 19.9 Å². The van der Waals surface area contributed by atoms with Crippen molar-refractivity contribution >= 4 is 34.8 Å². The van der Waals surface area contributed by atoms with Crippen molar-refractivity contribution in [2.75, 3.05) is 53.6 Å². The molecule has 0 saturated carbocycles. The van der Waals surface area contributed by atoms with E-state index in [-0.39, 0.29) is 5.97 Å². The second-order valence-electron chi connectivity index (χ2n) is 8.32. The summed E-state index contributed by atoms with van der Waals surface area (Å²) in [7, 11) is 0. The lowest BCUT2D eigenvalue weighted by atomic mass is 10.2. The van der Waals surface area contributed by atoms with Gasteiger partial charge in [-0.15, -0.1) is 0 Å². The molecule has 3 N–H and O–H groups in total. The first kappa shape index (κ1) is 22.3. The third-order valence-corrected chi connectivity index (χ3v) is 5.35. The summed E-state index contributed by atoms with van der Waals surface area (Å²) in [6.45, 7) is 7.63. The van der Waals surface area contributed by atoms with Gasteiger partial charge in [-0.2, -0.15) is 0 Å². The van der Waals surface area contributed by atoms with Gasteiger partial charge < -0.3 is 25.6 Å². The fourth-order valence-corrected chi connectivity index (χ4v) is 3.58. The van der Waals surface area contributed by atoms with E-state index in [1.165, 1.54) is 6.33 Å². The number of aromatic nitrogens is 3. The van der Waals surface area contributed by atoms with E-state index < -0.39 is 0 Å². The van der Waals surface area contributed by atoms with E-state index in [4.69, 9.17) is 10.5 Å². The van der Waals surface area contributed by atoms with E-state index in [9.17, 15) is 4.79 Å². The van der Waals surface area contributed by atoms with Crippen molar-refractivity contribution in [1.82, 2.24) is 15.0 Å². The fraction of sp³-hybridized carbons (Fsp3) is 0.333. The Balaban J connectivity index is 1.40. The Morgan fingerprint density at radius 2 is 1.76 bits per heavy atom. The molecule has 3 heterocycles. The van der Waals surface area contributed by atoms with E-state index in [2.05, 4.69) is 30.1 Å². The lowest BCUT2D eigenvalue weighted by molar-refractivity contribution is 0.0459. The Labute approximate surface area is 193 Å². The number of nitrogens with one attached hydrogen (secondary N) is 1. The van der Waals surface area contributed by atoms with Crippen molar-refractivity contribution in [2.24, 2.45) is 5.92 Å². The van der Waals surface area contributed by atoms with Gasteiger partial charge in [-0.05, 0) is 42.3 Å². The molecule has 1 aromatic carbocycles. The predicted octanol–water partition coefficient (Wildman–Crippen LogP) is 3.34. The third kappa shape index (κ3) is 5.49.